The third-order valence-electron chi connectivity index (χ3n) is 4.88. The second-order valence-electron chi connectivity index (χ2n) is 6.53. The van der Waals surface area contributed by atoms with Crippen molar-refractivity contribution >= 4 is 5.91 Å². The van der Waals surface area contributed by atoms with Crippen LogP contribution in [0.3, 0.4) is 0 Å². The number of benzene rings is 1. The summed E-state index contributed by atoms with van der Waals surface area (Å²) in [5.41, 5.74) is 1.94. The predicted molar refractivity (Wildman–Crippen MR) is 95.4 cm³/mol. The van der Waals surface area contributed by atoms with Crippen LogP contribution in [0.25, 0.3) is 0 Å². The van der Waals surface area contributed by atoms with Crippen molar-refractivity contribution in [1.29, 1.82) is 0 Å². The molecule has 0 spiro atoms. The first kappa shape index (κ1) is 16.5. The first-order valence-corrected chi connectivity index (χ1v) is 8.65. The third kappa shape index (κ3) is 3.14. The van der Waals surface area contributed by atoms with Gasteiger partial charge in [-0.2, -0.15) is 0 Å². The van der Waals surface area contributed by atoms with Crippen LogP contribution in [0.5, 0.6) is 0 Å². The fraction of sp³-hybridized carbons (Fsp3) is 0.400. The molecule has 3 rings (SSSR count). The largest absolute Gasteiger partial charge is 0.338 e. The highest BCUT2D eigenvalue weighted by atomic mass is 16.2. The van der Waals surface area contributed by atoms with Gasteiger partial charge in [0.05, 0.1) is 6.04 Å². The van der Waals surface area contributed by atoms with Gasteiger partial charge in [0.25, 0.3) is 11.5 Å². The fourth-order valence-electron chi connectivity index (χ4n) is 3.35. The van der Waals surface area contributed by atoms with Gasteiger partial charge in [0.15, 0.2) is 0 Å². The fourth-order valence-corrected chi connectivity index (χ4v) is 3.35. The Balaban J connectivity index is 1.99. The SMILES string of the molecule is Cc1ccn(C(C)c2ccccc2)c(=O)c1C(=O)N1CCCCC1. The molecule has 1 fully saturated rings. The number of aryl methyl sites for hydroxylation is 1. The summed E-state index contributed by atoms with van der Waals surface area (Å²) >= 11 is 0. The van der Waals surface area contributed by atoms with Gasteiger partial charge < -0.3 is 9.47 Å². The van der Waals surface area contributed by atoms with Crippen LogP contribution in [0.1, 0.15) is 53.7 Å². The van der Waals surface area contributed by atoms with Gasteiger partial charge >= 0.3 is 0 Å². The second-order valence-corrected chi connectivity index (χ2v) is 6.53. The molecule has 0 saturated carbocycles. The minimum atomic E-state index is -0.193. The summed E-state index contributed by atoms with van der Waals surface area (Å²) in [5.74, 6) is -0.119. The average molecular weight is 324 g/mol. The zero-order valence-corrected chi connectivity index (χ0v) is 14.4. The van der Waals surface area contributed by atoms with Gasteiger partial charge in [-0.25, -0.2) is 0 Å². The number of amides is 1. The van der Waals surface area contributed by atoms with E-state index in [1.54, 1.807) is 10.8 Å². The van der Waals surface area contributed by atoms with E-state index in [-0.39, 0.29) is 17.5 Å². The Kier molecular flexibility index (Phi) is 4.84. The number of piperidine rings is 1. The molecule has 1 aliphatic heterocycles. The summed E-state index contributed by atoms with van der Waals surface area (Å²) in [6.07, 6.45) is 4.99. The van der Waals surface area contributed by atoms with E-state index in [9.17, 15) is 9.59 Å². The summed E-state index contributed by atoms with van der Waals surface area (Å²) in [4.78, 5) is 27.7. The summed E-state index contributed by atoms with van der Waals surface area (Å²) in [6.45, 7) is 5.33. The van der Waals surface area contributed by atoms with Crippen molar-refractivity contribution in [3.63, 3.8) is 0 Å². The first-order chi connectivity index (χ1) is 11.6. The molecule has 2 heterocycles. The Morgan fingerprint density at radius 1 is 1.04 bits per heavy atom. The van der Waals surface area contributed by atoms with Gasteiger partial charge in [-0.15, -0.1) is 0 Å². The van der Waals surface area contributed by atoms with Crippen molar-refractivity contribution < 1.29 is 4.79 Å². The lowest BCUT2D eigenvalue weighted by atomic mass is 10.0. The predicted octanol–water partition coefficient (Wildman–Crippen LogP) is 3.39. The molecule has 1 atom stereocenters. The molecule has 0 bridgehead atoms. The number of carbonyl (C=O) groups excluding carboxylic acids is 1. The standard InChI is InChI=1S/C20H24N2O2/c1-15-11-14-22(16(2)17-9-5-3-6-10-17)20(24)18(15)19(23)21-12-7-4-8-13-21/h3,5-6,9-11,14,16H,4,7-8,12-13H2,1-2H3. The molecule has 0 aliphatic carbocycles. The normalized spacial score (nSPS) is 16.0. The lowest BCUT2D eigenvalue weighted by molar-refractivity contribution is 0.0721. The van der Waals surface area contributed by atoms with E-state index in [1.807, 2.05) is 55.1 Å². The molecule has 1 unspecified atom stereocenters. The van der Waals surface area contributed by atoms with Crippen molar-refractivity contribution in [2.75, 3.05) is 13.1 Å². The van der Waals surface area contributed by atoms with Crippen LogP contribution in [0.2, 0.25) is 0 Å². The molecule has 1 aromatic carbocycles. The van der Waals surface area contributed by atoms with Crippen molar-refractivity contribution in [3.8, 4) is 0 Å². The maximum absolute atomic E-state index is 13.0. The Morgan fingerprint density at radius 3 is 2.38 bits per heavy atom. The lowest BCUT2D eigenvalue weighted by Gasteiger charge is -2.27. The number of rotatable bonds is 3. The van der Waals surface area contributed by atoms with Crippen LogP contribution in [0.15, 0.2) is 47.4 Å². The first-order valence-electron chi connectivity index (χ1n) is 8.65. The van der Waals surface area contributed by atoms with E-state index in [2.05, 4.69) is 0 Å². The van der Waals surface area contributed by atoms with Crippen molar-refractivity contribution in [1.82, 2.24) is 9.47 Å². The van der Waals surface area contributed by atoms with E-state index in [1.165, 1.54) is 0 Å². The smallest absolute Gasteiger partial charge is 0.264 e. The highest BCUT2D eigenvalue weighted by molar-refractivity contribution is 5.95. The van der Waals surface area contributed by atoms with Crippen LogP contribution in [-0.4, -0.2) is 28.5 Å². The van der Waals surface area contributed by atoms with Crippen molar-refractivity contribution in [2.45, 2.75) is 39.2 Å². The van der Waals surface area contributed by atoms with E-state index < -0.39 is 0 Å². The number of aromatic nitrogens is 1. The molecule has 4 nitrogen and oxygen atoms in total. The van der Waals surface area contributed by atoms with Gasteiger partial charge in [0.2, 0.25) is 0 Å². The number of carbonyl (C=O) groups is 1. The van der Waals surface area contributed by atoms with E-state index in [4.69, 9.17) is 0 Å². The minimum absolute atomic E-state index is 0.104. The van der Waals surface area contributed by atoms with E-state index >= 15 is 0 Å². The molecule has 1 aliphatic rings. The van der Waals surface area contributed by atoms with Crippen molar-refractivity contribution in [3.05, 3.63) is 69.6 Å². The number of hydrogen-bond donors (Lipinski definition) is 0. The Morgan fingerprint density at radius 2 is 1.71 bits per heavy atom. The summed E-state index contributed by atoms with van der Waals surface area (Å²) in [5, 5.41) is 0. The molecule has 4 heteroatoms. The Labute approximate surface area is 142 Å². The monoisotopic (exact) mass is 324 g/mol. The number of nitrogens with zero attached hydrogens (tertiary/aromatic N) is 2. The van der Waals surface area contributed by atoms with Crippen LogP contribution in [0.4, 0.5) is 0 Å². The molecule has 0 N–H and O–H groups in total. The van der Waals surface area contributed by atoms with Gasteiger partial charge in [-0.3, -0.25) is 9.59 Å². The van der Waals surface area contributed by atoms with Crippen LogP contribution >= 0.6 is 0 Å². The number of pyridine rings is 1. The van der Waals surface area contributed by atoms with E-state index in [0.717, 1.165) is 43.5 Å². The maximum Gasteiger partial charge on any atom is 0.264 e. The molecule has 126 valence electrons. The maximum atomic E-state index is 13.0. The molecular formula is C20H24N2O2. The summed E-state index contributed by atoms with van der Waals surface area (Å²) < 4.78 is 1.67. The highest BCUT2D eigenvalue weighted by Gasteiger charge is 2.24. The average Bonchev–Trinajstić information content (AvgIpc) is 2.63. The van der Waals surface area contributed by atoms with Gasteiger partial charge in [0.1, 0.15) is 5.56 Å². The molecule has 0 radical (unpaired) electrons. The molecule has 24 heavy (non-hydrogen) atoms. The van der Waals surface area contributed by atoms with Crippen LogP contribution in [-0.2, 0) is 0 Å². The van der Waals surface area contributed by atoms with Crippen LogP contribution < -0.4 is 5.56 Å². The molecule has 1 aromatic heterocycles. The van der Waals surface area contributed by atoms with E-state index in [0.29, 0.717) is 5.56 Å². The number of likely N-dealkylation sites (tertiary alicyclic amines) is 1. The molecular weight excluding hydrogens is 300 g/mol. The Hall–Kier alpha value is -2.36. The highest BCUT2D eigenvalue weighted by Crippen LogP contribution is 2.18. The Bertz CT molecular complexity index is 774. The molecule has 2 aromatic rings. The van der Waals surface area contributed by atoms with Gasteiger partial charge in [-0.1, -0.05) is 30.3 Å². The van der Waals surface area contributed by atoms with Gasteiger partial charge in [-0.05, 0) is 50.3 Å². The third-order valence-corrected chi connectivity index (χ3v) is 4.88. The quantitative estimate of drug-likeness (QED) is 0.868. The topological polar surface area (TPSA) is 42.3 Å². The van der Waals surface area contributed by atoms with Gasteiger partial charge in [0, 0.05) is 19.3 Å². The zero-order chi connectivity index (χ0) is 17.1. The lowest BCUT2D eigenvalue weighted by Crippen LogP contribution is -2.40. The van der Waals surface area contributed by atoms with Crippen LogP contribution in [0, 0.1) is 6.92 Å². The minimum Gasteiger partial charge on any atom is -0.338 e. The second kappa shape index (κ2) is 7.04. The summed E-state index contributed by atoms with van der Waals surface area (Å²) in [6, 6.07) is 11.7. The molecule has 1 saturated heterocycles. The zero-order valence-electron chi connectivity index (χ0n) is 14.4. The molecule has 1 amide bonds. The van der Waals surface area contributed by atoms with Crippen molar-refractivity contribution in [2.24, 2.45) is 0 Å². The summed E-state index contributed by atoms with van der Waals surface area (Å²) in [7, 11) is 0. The number of hydrogen-bond acceptors (Lipinski definition) is 2.